The fraction of sp³-hybridized carbons (Fsp3) is 0.500. The van der Waals surface area contributed by atoms with Crippen molar-refractivity contribution in [2.24, 2.45) is 5.92 Å². The molecule has 39 heavy (non-hydrogen) atoms. The number of amides is 3. The van der Waals surface area contributed by atoms with Crippen molar-refractivity contribution in [1.82, 2.24) is 34.7 Å². The summed E-state index contributed by atoms with van der Waals surface area (Å²) in [7, 11) is 0. The first-order valence-corrected chi connectivity index (χ1v) is 14.2. The van der Waals surface area contributed by atoms with Crippen molar-refractivity contribution in [2.45, 2.75) is 50.6 Å². The number of aromatic nitrogens is 4. The zero-order valence-corrected chi connectivity index (χ0v) is 22.2. The zero-order valence-electron chi connectivity index (χ0n) is 21.4. The molecule has 0 aromatic carbocycles. The standard InChI is InChI=1S/C26H29N9O3S/c27-7-3-22(36)34-10-6-18(15-34)29-21-13-20(31-23(32-21)19-14-28-35-11-12-39-26(19)35)25(38)33-8-4-17(5-9-33)30-24(37)16-1-2-16/h11-14,16-18H,1-6,8-10,15H2,(H,30,37)(H,29,31,32)/t18-/m1/s1. The SMILES string of the molecule is N#CCC(=O)N1CC[C@@H](Nc2cc(C(=O)N3CCC(NC(=O)C4CC4)CC3)nc(-c3cnn4ccsc34)n2)C1. The van der Waals surface area contributed by atoms with Crippen LogP contribution in [0, 0.1) is 17.2 Å². The minimum Gasteiger partial charge on any atom is -0.365 e. The van der Waals surface area contributed by atoms with Gasteiger partial charge in [0.15, 0.2) is 5.82 Å². The second kappa shape index (κ2) is 10.6. The first-order valence-electron chi connectivity index (χ1n) is 13.3. The van der Waals surface area contributed by atoms with E-state index in [1.807, 2.05) is 17.6 Å². The molecule has 1 atom stereocenters. The van der Waals surface area contributed by atoms with Gasteiger partial charge in [-0.25, -0.2) is 14.5 Å². The summed E-state index contributed by atoms with van der Waals surface area (Å²) in [5.41, 5.74) is 1.02. The normalized spacial score (nSPS) is 19.7. The topological polar surface area (TPSA) is 149 Å². The van der Waals surface area contributed by atoms with Gasteiger partial charge in [-0.2, -0.15) is 10.4 Å². The van der Waals surface area contributed by atoms with Crippen LogP contribution in [0.15, 0.2) is 23.8 Å². The summed E-state index contributed by atoms with van der Waals surface area (Å²) in [6, 6.07) is 3.62. The van der Waals surface area contributed by atoms with Gasteiger partial charge >= 0.3 is 0 Å². The molecule has 1 aliphatic carbocycles. The minimum atomic E-state index is -0.183. The van der Waals surface area contributed by atoms with E-state index in [1.54, 1.807) is 26.6 Å². The second-order valence-electron chi connectivity index (χ2n) is 10.3. The lowest BCUT2D eigenvalue weighted by atomic mass is 10.0. The third kappa shape index (κ3) is 5.42. The lowest BCUT2D eigenvalue weighted by Crippen LogP contribution is -2.47. The van der Waals surface area contributed by atoms with E-state index in [4.69, 9.17) is 10.2 Å². The number of hydrogen-bond acceptors (Lipinski definition) is 9. The average molecular weight is 548 g/mol. The van der Waals surface area contributed by atoms with Crippen LogP contribution in [-0.2, 0) is 9.59 Å². The predicted molar refractivity (Wildman–Crippen MR) is 143 cm³/mol. The van der Waals surface area contributed by atoms with E-state index < -0.39 is 0 Å². The average Bonchev–Trinajstić information content (AvgIpc) is 3.30. The number of rotatable bonds is 7. The Kier molecular flexibility index (Phi) is 6.86. The highest BCUT2D eigenvalue weighted by Crippen LogP contribution is 2.30. The number of nitrogens with one attached hydrogen (secondary N) is 2. The molecule has 3 aromatic rings. The fourth-order valence-electron chi connectivity index (χ4n) is 5.18. The number of fused-ring (bicyclic) bond motifs is 1. The smallest absolute Gasteiger partial charge is 0.272 e. The van der Waals surface area contributed by atoms with Gasteiger partial charge in [-0.05, 0) is 32.1 Å². The number of nitrogens with zero attached hydrogens (tertiary/aromatic N) is 7. The quantitative estimate of drug-likeness (QED) is 0.456. The molecule has 3 fully saturated rings. The molecule has 1 saturated carbocycles. The van der Waals surface area contributed by atoms with Gasteiger partial charge in [0, 0.05) is 61.8 Å². The van der Waals surface area contributed by atoms with Crippen molar-refractivity contribution in [3.63, 3.8) is 0 Å². The molecule has 0 radical (unpaired) electrons. The van der Waals surface area contributed by atoms with Gasteiger partial charge < -0.3 is 20.4 Å². The molecule has 13 heteroatoms. The number of hydrogen-bond donors (Lipinski definition) is 2. The highest BCUT2D eigenvalue weighted by atomic mass is 32.1. The van der Waals surface area contributed by atoms with Crippen LogP contribution in [0.5, 0.6) is 0 Å². The number of anilines is 1. The van der Waals surface area contributed by atoms with Crippen molar-refractivity contribution in [3.05, 3.63) is 29.5 Å². The largest absolute Gasteiger partial charge is 0.365 e. The molecule has 3 aromatic heterocycles. The molecule has 3 aliphatic rings. The molecule has 2 N–H and O–H groups in total. The minimum absolute atomic E-state index is 0.0573. The van der Waals surface area contributed by atoms with E-state index >= 15 is 0 Å². The van der Waals surface area contributed by atoms with Crippen molar-refractivity contribution in [1.29, 1.82) is 5.26 Å². The molecular weight excluding hydrogens is 518 g/mol. The summed E-state index contributed by atoms with van der Waals surface area (Å²) < 4.78 is 1.75. The second-order valence-corrected chi connectivity index (χ2v) is 11.2. The van der Waals surface area contributed by atoms with Crippen molar-refractivity contribution in [3.8, 4) is 17.5 Å². The Hall–Kier alpha value is -4.05. The molecular formula is C26H29N9O3S. The van der Waals surface area contributed by atoms with Gasteiger partial charge in [-0.3, -0.25) is 14.4 Å². The van der Waals surface area contributed by atoms with Crippen LogP contribution in [0.3, 0.4) is 0 Å². The van der Waals surface area contributed by atoms with Crippen LogP contribution in [0.4, 0.5) is 5.82 Å². The highest BCUT2D eigenvalue weighted by molar-refractivity contribution is 7.16. The van der Waals surface area contributed by atoms with E-state index in [0.29, 0.717) is 57.1 Å². The number of carbonyl (C=O) groups is 3. The van der Waals surface area contributed by atoms with Crippen LogP contribution in [0.25, 0.3) is 16.2 Å². The summed E-state index contributed by atoms with van der Waals surface area (Å²) in [6.07, 6.45) is 7.49. The maximum Gasteiger partial charge on any atom is 0.272 e. The Morgan fingerprint density at radius 3 is 2.59 bits per heavy atom. The number of nitriles is 1. The van der Waals surface area contributed by atoms with Gasteiger partial charge in [0.25, 0.3) is 5.91 Å². The summed E-state index contributed by atoms with van der Waals surface area (Å²) in [4.78, 5) is 51.6. The summed E-state index contributed by atoms with van der Waals surface area (Å²) >= 11 is 1.52. The molecule has 3 amide bonds. The van der Waals surface area contributed by atoms with Gasteiger partial charge in [-0.15, -0.1) is 11.3 Å². The Balaban J connectivity index is 1.21. The maximum absolute atomic E-state index is 13.6. The van der Waals surface area contributed by atoms with E-state index in [-0.39, 0.29) is 47.8 Å². The van der Waals surface area contributed by atoms with Crippen molar-refractivity contribution < 1.29 is 14.4 Å². The molecule has 0 unspecified atom stereocenters. The Morgan fingerprint density at radius 1 is 1.05 bits per heavy atom. The van der Waals surface area contributed by atoms with Crippen molar-refractivity contribution >= 4 is 39.7 Å². The lowest BCUT2D eigenvalue weighted by Gasteiger charge is -2.32. The van der Waals surface area contributed by atoms with E-state index in [1.165, 1.54) is 11.3 Å². The number of likely N-dealkylation sites (tertiary alicyclic amines) is 2. The molecule has 0 bridgehead atoms. The number of thiazole rings is 1. The van der Waals surface area contributed by atoms with Crippen LogP contribution >= 0.6 is 11.3 Å². The van der Waals surface area contributed by atoms with Gasteiger partial charge in [0.05, 0.1) is 17.8 Å². The zero-order chi connectivity index (χ0) is 26.9. The number of carbonyl (C=O) groups excluding carboxylic acids is 3. The lowest BCUT2D eigenvalue weighted by molar-refractivity contribution is -0.129. The van der Waals surface area contributed by atoms with Gasteiger partial charge in [-0.1, -0.05) is 0 Å². The highest BCUT2D eigenvalue weighted by Gasteiger charge is 2.33. The van der Waals surface area contributed by atoms with Gasteiger partial charge in [0.2, 0.25) is 11.8 Å². The third-order valence-electron chi connectivity index (χ3n) is 7.52. The first kappa shape index (κ1) is 25.2. The van der Waals surface area contributed by atoms with E-state index in [2.05, 4.69) is 20.7 Å². The maximum atomic E-state index is 13.6. The molecule has 5 heterocycles. The molecule has 2 aliphatic heterocycles. The van der Waals surface area contributed by atoms with Gasteiger partial charge in [0.1, 0.15) is 22.8 Å². The monoisotopic (exact) mass is 547 g/mol. The van der Waals surface area contributed by atoms with Crippen LogP contribution < -0.4 is 10.6 Å². The summed E-state index contributed by atoms with van der Waals surface area (Å²) in [5.74, 6) is 0.855. The number of piperidine rings is 1. The molecule has 0 spiro atoms. The van der Waals surface area contributed by atoms with Crippen LogP contribution in [-0.4, -0.2) is 85.4 Å². The Labute approximate surface area is 229 Å². The third-order valence-corrected chi connectivity index (χ3v) is 8.41. The summed E-state index contributed by atoms with van der Waals surface area (Å²) in [6.45, 7) is 2.11. The molecule has 202 valence electrons. The van der Waals surface area contributed by atoms with Crippen LogP contribution in [0.2, 0.25) is 0 Å². The molecule has 2 saturated heterocycles. The molecule has 6 rings (SSSR count). The first-order chi connectivity index (χ1) is 19.0. The Morgan fingerprint density at radius 2 is 1.82 bits per heavy atom. The van der Waals surface area contributed by atoms with Crippen LogP contribution in [0.1, 0.15) is 49.0 Å². The Bertz CT molecular complexity index is 1450. The fourth-order valence-corrected chi connectivity index (χ4v) is 5.97. The molecule has 12 nitrogen and oxygen atoms in total. The summed E-state index contributed by atoms with van der Waals surface area (Å²) in [5, 5.41) is 21.7. The predicted octanol–water partition coefficient (Wildman–Crippen LogP) is 1.91. The van der Waals surface area contributed by atoms with E-state index in [0.717, 1.165) is 23.2 Å². The van der Waals surface area contributed by atoms with E-state index in [9.17, 15) is 14.4 Å². The van der Waals surface area contributed by atoms with Crippen molar-refractivity contribution in [2.75, 3.05) is 31.5 Å².